The topological polar surface area (TPSA) is 63.4 Å². The van der Waals surface area contributed by atoms with Gasteiger partial charge in [0.15, 0.2) is 0 Å². The number of nitrogens with zero attached hydrogens (tertiary/aromatic N) is 1. The van der Waals surface area contributed by atoms with E-state index in [0.29, 0.717) is 12.3 Å². The number of anilines is 1. The van der Waals surface area contributed by atoms with E-state index < -0.39 is 10.0 Å². The SMILES string of the molecule is CSCCN(C)S(=O)(=O)c1ccc(Cl)c(N)c1Cl. The van der Waals surface area contributed by atoms with Crippen molar-refractivity contribution < 1.29 is 8.42 Å². The fraction of sp³-hybridized carbons (Fsp3) is 0.400. The third kappa shape index (κ3) is 3.24. The molecule has 0 radical (unpaired) electrons. The molecule has 0 aliphatic rings. The molecule has 8 heteroatoms. The van der Waals surface area contributed by atoms with Crippen molar-refractivity contribution in [3.05, 3.63) is 22.2 Å². The fourth-order valence-corrected chi connectivity index (χ4v) is 3.74. The highest BCUT2D eigenvalue weighted by atomic mass is 35.5. The second kappa shape index (κ2) is 6.34. The Hall–Kier alpha value is -0.140. The van der Waals surface area contributed by atoms with E-state index in [1.54, 1.807) is 11.8 Å². The minimum atomic E-state index is -3.63. The van der Waals surface area contributed by atoms with Crippen LogP contribution in [0.1, 0.15) is 0 Å². The Bertz CT molecular complexity index is 535. The number of rotatable bonds is 5. The molecule has 0 amide bonds. The van der Waals surface area contributed by atoms with Crippen molar-refractivity contribution in [3.63, 3.8) is 0 Å². The molecule has 1 aromatic carbocycles. The molecular weight excluding hydrogens is 315 g/mol. The molecule has 0 aromatic heterocycles. The number of benzene rings is 1. The highest BCUT2D eigenvalue weighted by Crippen LogP contribution is 2.34. The summed E-state index contributed by atoms with van der Waals surface area (Å²) in [7, 11) is -2.13. The number of halogens is 2. The summed E-state index contributed by atoms with van der Waals surface area (Å²) < 4.78 is 25.8. The number of nitrogen functional groups attached to an aromatic ring is 1. The van der Waals surface area contributed by atoms with E-state index in [2.05, 4.69) is 0 Å². The maximum atomic E-state index is 12.3. The van der Waals surface area contributed by atoms with Crippen molar-refractivity contribution in [1.82, 2.24) is 4.31 Å². The van der Waals surface area contributed by atoms with Crippen LogP contribution >= 0.6 is 35.0 Å². The van der Waals surface area contributed by atoms with Gasteiger partial charge in [-0.25, -0.2) is 12.7 Å². The molecule has 1 rings (SSSR count). The Morgan fingerprint density at radius 3 is 2.56 bits per heavy atom. The molecule has 0 aliphatic carbocycles. The Balaban J connectivity index is 3.17. The van der Waals surface area contributed by atoms with Gasteiger partial charge in [0.05, 0.1) is 15.7 Å². The summed E-state index contributed by atoms with van der Waals surface area (Å²) in [5.41, 5.74) is 5.71. The van der Waals surface area contributed by atoms with Gasteiger partial charge in [0.25, 0.3) is 0 Å². The number of hydrogen-bond acceptors (Lipinski definition) is 4. The van der Waals surface area contributed by atoms with Gasteiger partial charge in [-0.15, -0.1) is 0 Å². The summed E-state index contributed by atoms with van der Waals surface area (Å²) in [4.78, 5) is -0.0188. The van der Waals surface area contributed by atoms with Gasteiger partial charge in [0.2, 0.25) is 10.0 Å². The van der Waals surface area contributed by atoms with E-state index in [9.17, 15) is 8.42 Å². The first-order chi connectivity index (χ1) is 8.32. The summed E-state index contributed by atoms with van der Waals surface area (Å²) in [5, 5.41) is 0.212. The van der Waals surface area contributed by atoms with Crippen LogP contribution in [-0.2, 0) is 10.0 Å². The van der Waals surface area contributed by atoms with Gasteiger partial charge >= 0.3 is 0 Å². The Labute approximate surface area is 121 Å². The van der Waals surface area contributed by atoms with E-state index >= 15 is 0 Å². The van der Waals surface area contributed by atoms with Crippen molar-refractivity contribution in [3.8, 4) is 0 Å². The maximum Gasteiger partial charge on any atom is 0.244 e. The Morgan fingerprint density at radius 2 is 2.00 bits per heavy atom. The second-order valence-corrected chi connectivity index (χ2v) is 7.38. The summed E-state index contributed by atoms with van der Waals surface area (Å²) in [6.45, 7) is 0.405. The van der Waals surface area contributed by atoms with E-state index in [-0.39, 0.29) is 20.6 Å². The lowest BCUT2D eigenvalue weighted by Crippen LogP contribution is -2.29. The van der Waals surface area contributed by atoms with Crippen LogP contribution in [0.3, 0.4) is 0 Å². The first-order valence-electron chi connectivity index (χ1n) is 5.01. The van der Waals surface area contributed by atoms with E-state index in [4.69, 9.17) is 28.9 Å². The molecule has 0 aliphatic heterocycles. The Morgan fingerprint density at radius 1 is 1.39 bits per heavy atom. The largest absolute Gasteiger partial charge is 0.396 e. The average Bonchev–Trinajstić information content (AvgIpc) is 2.32. The van der Waals surface area contributed by atoms with E-state index in [1.165, 1.54) is 23.5 Å². The van der Waals surface area contributed by atoms with Crippen LogP contribution in [0.15, 0.2) is 17.0 Å². The molecule has 0 saturated heterocycles. The maximum absolute atomic E-state index is 12.3. The molecular formula is C10H14Cl2N2O2S2. The summed E-state index contributed by atoms with van der Waals surface area (Å²) in [5.74, 6) is 0.705. The fourth-order valence-electron chi connectivity index (χ4n) is 1.26. The van der Waals surface area contributed by atoms with Crippen molar-refractivity contribution >= 4 is 50.7 Å². The van der Waals surface area contributed by atoms with Crippen LogP contribution in [0.25, 0.3) is 0 Å². The van der Waals surface area contributed by atoms with Crippen molar-refractivity contribution in [1.29, 1.82) is 0 Å². The second-order valence-electron chi connectivity index (χ2n) is 3.59. The van der Waals surface area contributed by atoms with E-state index in [0.717, 1.165) is 0 Å². The quantitative estimate of drug-likeness (QED) is 0.844. The third-order valence-corrected chi connectivity index (χ3v) is 5.73. The molecule has 0 bridgehead atoms. The molecule has 18 heavy (non-hydrogen) atoms. The van der Waals surface area contributed by atoms with Crippen LogP contribution in [0.2, 0.25) is 10.0 Å². The first-order valence-corrected chi connectivity index (χ1v) is 8.60. The molecule has 0 heterocycles. The average molecular weight is 329 g/mol. The number of nitrogens with two attached hydrogens (primary N) is 1. The minimum Gasteiger partial charge on any atom is -0.396 e. The Kier molecular flexibility index (Phi) is 5.61. The molecule has 2 N–H and O–H groups in total. The molecule has 0 unspecified atom stereocenters. The summed E-state index contributed by atoms with van der Waals surface area (Å²) in [6, 6.07) is 2.80. The zero-order valence-corrected chi connectivity index (χ0v) is 13.1. The molecule has 4 nitrogen and oxygen atoms in total. The third-order valence-electron chi connectivity index (χ3n) is 2.39. The molecule has 102 valence electrons. The van der Waals surface area contributed by atoms with E-state index in [1.807, 2.05) is 6.26 Å². The zero-order chi connectivity index (χ0) is 13.9. The van der Waals surface area contributed by atoms with Gasteiger partial charge in [-0.1, -0.05) is 23.2 Å². The minimum absolute atomic E-state index is 0.0188. The smallest absolute Gasteiger partial charge is 0.244 e. The zero-order valence-electron chi connectivity index (χ0n) is 9.98. The lowest BCUT2D eigenvalue weighted by Gasteiger charge is -2.18. The highest BCUT2D eigenvalue weighted by Gasteiger charge is 2.24. The predicted molar refractivity (Wildman–Crippen MR) is 79.1 cm³/mol. The molecule has 1 aromatic rings. The van der Waals surface area contributed by atoms with Crippen LogP contribution in [0, 0.1) is 0 Å². The van der Waals surface area contributed by atoms with Crippen LogP contribution < -0.4 is 5.73 Å². The van der Waals surface area contributed by atoms with Gasteiger partial charge < -0.3 is 5.73 Å². The monoisotopic (exact) mass is 328 g/mol. The highest BCUT2D eigenvalue weighted by molar-refractivity contribution is 7.98. The molecule has 0 saturated carbocycles. The van der Waals surface area contributed by atoms with Crippen LogP contribution in [0.4, 0.5) is 5.69 Å². The normalized spacial score (nSPS) is 12.1. The number of hydrogen-bond donors (Lipinski definition) is 1. The van der Waals surface area contributed by atoms with Gasteiger partial charge in [-0.2, -0.15) is 11.8 Å². The number of sulfonamides is 1. The van der Waals surface area contributed by atoms with Gasteiger partial charge in [0, 0.05) is 19.3 Å². The van der Waals surface area contributed by atoms with Gasteiger partial charge in [-0.05, 0) is 18.4 Å². The first kappa shape index (κ1) is 15.9. The van der Waals surface area contributed by atoms with Crippen LogP contribution in [-0.4, -0.2) is 38.3 Å². The van der Waals surface area contributed by atoms with Crippen molar-refractivity contribution in [2.24, 2.45) is 0 Å². The van der Waals surface area contributed by atoms with Crippen molar-refractivity contribution in [2.75, 3.05) is 31.3 Å². The molecule has 0 fully saturated rings. The van der Waals surface area contributed by atoms with Gasteiger partial charge in [0.1, 0.15) is 4.90 Å². The summed E-state index contributed by atoms with van der Waals surface area (Å²) in [6.07, 6.45) is 1.91. The molecule has 0 atom stereocenters. The lowest BCUT2D eigenvalue weighted by molar-refractivity contribution is 0.489. The predicted octanol–water partition coefficient (Wildman–Crippen LogP) is 2.56. The standard InChI is InChI=1S/C10H14Cl2N2O2S2/c1-14(5-6-17-2)18(15,16)8-4-3-7(11)10(13)9(8)12/h3-4H,5-6,13H2,1-2H3. The number of thioether (sulfide) groups is 1. The molecule has 0 spiro atoms. The van der Waals surface area contributed by atoms with Gasteiger partial charge in [-0.3, -0.25) is 0 Å². The summed E-state index contributed by atoms with van der Waals surface area (Å²) >= 11 is 13.3. The lowest BCUT2D eigenvalue weighted by atomic mass is 10.3. The van der Waals surface area contributed by atoms with Crippen LogP contribution in [0.5, 0.6) is 0 Å². The van der Waals surface area contributed by atoms with Crippen molar-refractivity contribution in [2.45, 2.75) is 4.90 Å².